The average molecular weight is 278 g/mol. The second kappa shape index (κ2) is 5.96. The number of amidine groups is 1. The Morgan fingerprint density at radius 1 is 1.14 bits per heavy atom. The highest BCUT2D eigenvalue weighted by molar-refractivity contribution is 5.97. The number of nitrogens with zero attached hydrogens (tertiary/aromatic N) is 5. The summed E-state index contributed by atoms with van der Waals surface area (Å²) >= 11 is 0. The molecule has 0 aliphatic carbocycles. The number of aliphatic imine (C=N–C) groups is 1. The third-order valence-electron chi connectivity index (χ3n) is 2.96. The standard InChI is InChI=1S/C15H14N6/c16-15(13-4-2-1-3-5-13)19-9-12-6-7-14(18-8-12)21-11-17-10-20-21/h1-8,10-11H,9H2,(H2,16,19). The molecule has 0 fully saturated rings. The van der Waals surface area contributed by atoms with Gasteiger partial charge in [-0.15, -0.1) is 0 Å². The van der Waals surface area contributed by atoms with Gasteiger partial charge in [-0.3, -0.25) is 4.99 Å². The van der Waals surface area contributed by atoms with Gasteiger partial charge in [-0.2, -0.15) is 5.10 Å². The first-order chi connectivity index (χ1) is 10.3. The van der Waals surface area contributed by atoms with Gasteiger partial charge in [0.25, 0.3) is 0 Å². The van der Waals surface area contributed by atoms with Crippen molar-refractivity contribution < 1.29 is 0 Å². The molecule has 21 heavy (non-hydrogen) atoms. The lowest BCUT2D eigenvalue weighted by Gasteiger charge is -2.03. The predicted molar refractivity (Wildman–Crippen MR) is 80.0 cm³/mol. The highest BCUT2D eigenvalue weighted by Crippen LogP contribution is 2.06. The summed E-state index contributed by atoms with van der Waals surface area (Å²) in [4.78, 5) is 12.6. The number of aromatic nitrogens is 4. The van der Waals surface area contributed by atoms with Crippen LogP contribution in [0.4, 0.5) is 0 Å². The first-order valence-corrected chi connectivity index (χ1v) is 6.48. The third kappa shape index (κ3) is 3.11. The number of rotatable bonds is 4. The monoisotopic (exact) mass is 278 g/mol. The average Bonchev–Trinajstić information content (AvgIpc) is 3.08. The Hall–Kier alpha value is -3.02. The zero-order valence-electron chi connectivity index (χ0n) is 11.3. The largest absolute Gasteiger partial charge is 0.383 e. The molecular weight excluding hydrogens is 264 g/mol. The van der Waals surface area contributed by atoms with Crippen molar-refractivity contribution in [3.63, 3.8) is 0 Å². The van der Waals surface area contributed by atoms with Crippen molar-refractivity contribution in [2.45, 2.75) is 6.54 Å². The van der Waals surface area contributed by atoms with Crippen LogP contribution in [0.15, 0.2) is 66.3 Å². The van der Waals surface area contributed by atoms with Crippen molar-refractivity contribution in [3.05, 3.63) is 72.4 Å². The van der Waals surface area contributed by atoms with Crippen LogP contribution in [0.5, 0.6) is 0 Å². The Kier molecular flexibility index (Phi) is 3.68. The van der Waals surface area contributed by atoms with Crippen LogP contribution >= 0.6 is 0 Å². The molecule has 3 aromatic rings. The first kappa shape index (κ1) is 13.0. The maximum atomic E-state index is 5.96. The van der Waals surface area contributed by atoms with Crippen molar-refractivity contribution in [1.29, 1.82) is 0 Å². The molecule has 1 aromatic carbocycles. The van der Waals surface area contributed by atoms with Crippen LogP contribution in [-0.4, -0.2) is 25.6 Å². The van der Waals surface area contributed by atoms with E-state index in [-0.39, 0.29) is 0 Å². The lowest BCUT2D eigenvalue weighted by Crippen LogP contribution is -2.13. The van der Waals surface area contributed by atoms with Crippen LogP contribution in [0.25, 0.3) is 5.82 Å². The molecule has 6 nitrogen and oxygen atoms in total. The van der Waals surface area contributed by atoms with Crippen LogP contribution in [0, 0.1) is 0 Å². The molecule has 0 aliphatic heterocycles. The van der Waals surface area contributed by atoms with Crippen molar-refractivity contribution in [2.24, 2.45) is 10.7 Å². The minimum Gasteiger partial charge on any atom is -0.383 e. The van der Waals surface area contributed by atoms with Gasteiger partial charge in [-0.05, 0) is 11.6 Å². The molecule has 0 amide bonds. The maximum absolute atomic E-state index is 5.96. The molecule has 0 spiro atoms. The lowest BCUT2D eigenvalue weighted by atomic mass is 10.2. The summed E-state index contributed by atoms with van der Waals surface area (Å²) in [6.07, 6.45) is 4.84. The predicted octanol–water partition coefficient (Wildman–Crippen LogP) is 1.57. The van der Waals surface area contributed by atoms with Crippen molar-refractivity contribution >= 4 is 5.84 Å². The molecule has 0 unspecified atom stereocenters. The van der Waals surface area contributed by atoms with E-state index in [1.807, 2.05) is 42.5 Å². The van der Waals surface area contributed by atoms with E-state index < -0.39 is 0 Å². The Bertz CT molecular complexity index is 717. The minimum absolute atomic E-state index is 0.491. The Balaban J connectivity index is 1.71. The van der Waals surface area contributed by atoms with Gasteiger partial charge >= 0.3 is 0 Å². The molecule has 0 radical (unpaired) electrons. The number of nitrogens with two attached hydrogens (primary N) is 1. The van der Waals surface area contributed by atoms with Crippen LogP contribution in [0.3, 0.4) is 0 Å². The van der Waals surface area contributed by atoms with E-state index in [4.69, 9.17) is 5.73 Å². The molecule has 0 atom stereocenters. The van der Waals surface area contributed by atoms with Crippen LogP contribution < -0.4 is 5.73 Å². The Morgan fingerprint density at radius 3 is 2.67 bits per heavy atom. The third-order valence-corrected chi connectivity index (χ3v) is 2.96. The molecule has 0 aliphatic rings. The molecule has 0 saturated carbocycles. The summed E-state index contributed by atoms with van der Waals surface area (Å²) < 4.78 is 1.60. The van der Waals surface area contributed by atoms with Gasteiger partial charge in [0.2, 0.25) is 0 Å². The molecule has 2 heterocycles. The number of pyridine rings is 1. The summed E-state index contributed by atoms with van der Waals surface area (Å²) in [6, 6.07) is 13.5. The van der Waals surface area contributed by atoms with Gasteiger partial charge in [0.05, 0.1) is 6.54 Å². The summed E-state index contributed by atoms with van der Waals surface area (Å²) in [5.74, 6) is 1.24. The zero-order chi connectivity index (χ0) is 14.5. The topological polar surface area (TPSA) is 82.0 Å². The van der Waals surface area contributed by atoms with E-state index in [0.717, 1.165) is 16.9 Å². The van der Waals surface area contributed by atoms with E-state index in [0.29, 0.717) is 12.4 Å². The van der Waals surface area contributed by atoms with Gasteiger partial charge in [0.1, 0.15) is 18.5 Å². The summed E-state index contributed by atoms with van der Waals surface area (Å²) in [5.41, 5.74) is 7.86. The van der Waals surface area contributed by atoms with Gasteiger partial charge < -0.3 is 5.73 Å². The fourth-order valence-electron chi connectivity index (χ4n) is 1.85. The summed E-state index contributed by atoms with van der Waals surface area (Å²) in [6.45, 7) is 0.491. The molecule has 0 saturated heterocycles. The highest BCUT2D eigenvalue weighted by Gasteiger charge is 2.00. The molecule has 0 bridgehead atoms. The molecule has 3 rings (SSSR count). The van der Waals surface area contributed by atoms with Gasteiger partial charge in [0, 0.05) is 11.8 Å². The van der Waals surface area contributed by atoms with Gasteiger partial charge in [0.15, 0.2) is 5.82 Å². The van der Waals surface area contributed by atoms with Crippen LogP contribution in [-0.2, 0) is 6.54 Å². The molecule has 6 heteroatoms. The van der Waals surface area contributed by atoms with E-state index in [2.05, 4.69) is 20.1 Å². The van der Waals surface area contributed by atoms with E-state index in [1.54, 1.807) is 17.2 Å². The highest BCUT2D eigenvalue weighted by atomic mass is 15.3. The van der Waals surface area contributed by atoms with E-state index >= 15 is 0 Å². The number of benzene rings is 1. The van der Waals surface area contributed by atoms with Crippen molar-refractivity contribution in [3.8, 4) is 5.82 Å². The van der Waals surface area contributed by atoms with Gasteiger partial charge in [-0.1, -0.05) is 36.4 Å². The quantitative estimate of drug-likeness (QED) is 0.580. The SMILES string of the molecule is NC(=NCc1ccc(-n2cncn2)nc1)c1ccccc1. The second-order valence-electron chi connectivity index (χ2n) is 4.43. The second-order valence-corrected chi connectivity index (χ2v) is 4.43. The normalized spacial score (nSPS) is 11.5. The Labute approximate surface area is 122 Å². The van der Waals surface area contributed by atoms with E-state index in [9.17, 15) is 0 Å². The maximum Gasteiger partial charge on any atom is 0.155 e. The fourth-order valence-corrected chi connectivity index (χ4v) is 1.85. The summed E-state index contributed by atoms with van der Waals surface area (Å²) in [5, 5.41) is 4.03. The van der Waals surface area contributed by atoms with Crippen LogP contribution in [0.1, 0.15) is 11.1 Å². The van der Waals surface area contributed by atoms with Crippen molar-refractivity contribution in [2.75, 3.05) is 0 Å². The molecule has 104 valence electrons. The smallest absolute Gasteiger partial charge is 0.155 e. The van der Waals surface area contributed by atoms with Crippen LogP contribution in [0.2, 0.25) is 0 Å². The van der Waals surface area contributed by atoms with E-state index in [1.165, 1.54) is 6.33 Å². The zero-order valence-corrected chi connectivity index (χ0v) is 11.3. The Morgan fingerprint density at radius 2 is 2.00 bits per heavy atom. The number of hydrogen-bond acceptors (Lipinski definition) is 4. The minimum atomic E-state index is 0.491. The first-order valence-electron chi connectivity index (χ1n) is 6.48. The summed E-state index contributed by atoms with van der Waals surface area (Å²) in [7, 11) is 0. The van der Waals surface area contributed by atoms with Gasteiger partial charge in [-0.25, -0.2) is 14.6 Å². The molecular formula is C15H14N6. The lowest BCUT2D eigenvalue weighted by molar-refractivity contribution is 0.841. The fraction of sp³-hybridized carbons (Fsp3) is 0.0667. The molecule has 2 aromatic heterocycles. The number of hydrogen-bond donors (Lipinski definition) is 1. The molecule has 2 N–H and O–H groups in total. The van der Waals surface area contributed by atoms with Crippen molar-refractivity contribution in [1.82, 2.24) is 19.7 Å².